The average molecular weight is 288 g/mol. The number of benzene rings is 1. The molecule has 0 amide bonds. The number of rotatable bonds is 3. The van der Waals surface area contributed by atoms with E-state index in [0.29, 0.717) is 11.8 Å². The summed E-state index contributed by atoms with van der Waals surface area (Å²) >= 11 is 0. The molecule has 0 aromatic heterocycles. The first-order valence-corrected chi connectivity index (χ1v) is 8.04. The van der Waals surface area contributed by atoms with Gasteiger partial charge in [0.05, 0.1) is 11.2 Å². The van der Waals surface area contributed by atoms with Crippen molar-refractivity contribution in [3.05, 3.63) is 29.3 Å². The molecule has 0 radical (unpaired) electrons. The molecule has 1 aromatic rings. The highest BCUT2D eigenvalue weighted by Gasteiger charge is 2.52. The lowest BCUT2D eigenvalue weighted by Crippen LogP contribution is -2.41. The van der Waals surface area contributed by atoms with Gasteiger partial charge in [-0.25, -0.2) is 0 Å². The van der Waals surface area contributed by atoms with E-state index >= 15 is 0 Å². The standard InChI is InChI=1S/C18H29BO2/c1-12(2)14-9-10-15(13(3)4)16(11-14)19-20-17(5,6)18(7,8)21-19/h9-13H,1-8H3. The summed E-state index contributed by atoms with van der Waals surface area (Å²) in [5.41, 5.74) is 3.26. The van der Waals surface area contributed by atoms with Gasteiger partial charge in [-0.3, -0.25) is 0 Å². The summed E-state index contributed by atoms with van der Waals surface area (Å²) in [7, 11) is -0.272. The van der Waals surface area contributed by atoms with Gasteiger partial charge in [-0.05, 0) is 56.1 Å². The Morgan fingerprint density at radius 1 is 0.857 bits per heavy atom. The molecule has 0 saturated carbocycles. The molecule has 1 fully saturated rings. The minimum Gasteiger partial charge on any atom is -0.399 e. The zero-order valence-electron chi connectivity index (χ0n) is 14.8. The molecule has 116 valence electrons. The highest BCUT2D eigenvalue weighted by atomic mass is 16.7. The summed E-state index contributed by atoms with van der Waals surface area (Å²) in [4.78, 5) is 0. The van der Waals surface area contributed by atoms with Crippen LogP contribution in [0.5, 0.6) is 0 Å². The first kappa shape index (κ1) is 16.6. The van der Waals surface area contributed by atoms with E-state index in [9.17, 15) is 0 Å². The molecule has 0 N–H and O–H groups in total. The van der Waals surface area contributed by atoms with Crippen molar-refractivity contribution in [1.29, 1.82) is 0 Å². The average Bonchev–Trinajstić information content (AvgIpc) is 2.57. The normalized spacial score (nSPS) is 20.6. The summed E-state index contributed by atoms with van der Waals surface area (Å²) < 4.78 is 12.5. The minimum absolute atomic E-state index is 0.272. The fraction of sp³-hybridized carbons (Fsp3) is 0.667. The van der Waals surface area contributed by atoms with E-state index in [0.717, 1.165) is 0 Å². The minimum atomic E-state index is -0.292. The third-order valence-electron chi connectivity index (χ3n) is 4.91. The fourth-order valence-corrected chi connectivity index (χ4v) is 2.65. The smallest absolute Gasteiger partial charge is 0.399 e. The topological polar surface area (TPSA) is 18.5 Å². The maximum atomic E-state index is 6.25. The molecule has 0 aliphatic carbocycles. The molecule has 0 atom stereocenters. The van der Waals surface area contributed by atoms with Gasteiger partial charge in [0.1, 0.15) is 0 Å². The van der Waals surface area contributed by atoms with Crippen LogP contribution in [0.25, 0.3) is 0 Å². The van der Waals surface area contributed by atoms with Crippen molar-refractivity contribution >= 4 is 12.6 Å². The second-order valence-corrected chi connectivity index (χ2v) is 7.79. The lowest BCUT2D eigenvalue weighted by molar-refractivity contribution is 0.00578. The molecule has 1 aliphatic heterocycles. The summed E-state index contributed by atoms with van der Waals surface area (Å²) in [5, 5.41) is 0. The Hall–Kier alpha value is -0.795. The first-order valence-electron chi connectivity index (χ1n) is 8.04. The summed E-state index contributed by atoms with van der Waals surface area (Å²) in [6.07, 6.45) is 0. The van der Waals surface area contributed by atoms with Crippen LogP contribution in [0.1, 0.15) is 78.4 Å². The lowest BCUT2D eigenvalue weighted by Gasteiger charge is -2.32. The zero-order chi connectivity index (χ0) is 16.0. The third kappa shape index (κ3) is 3.05. The van der Waals surface area contributed by atoms with Gasteiger partial charge in [0.2, 0.25) is 0 Å². The molecular weight excluding hydrogens is 259 g/mol. The van der Waals surface area contributed by atoms with E-state index in [2.05, 4.69) is 73.6 Å². The Bertz CT molecular complexity index is 502. The van der Waals surface area contributed by atoms with E-state index in [1.54, 1.807) is 0 Å². The molecule has 0 bridgehead atoms. The third-order valence-corrected chi connectivity index (χ3v) is 4.91. The number of hydrogen-bond acceptors (Lipinski definition) is 2. The van der Waals surface area contributed by atoms with E-state index in [-0.39, 0.29) is 18.3 Å². The van der Waals surface area contributed by atoms with Crippen LogP contribution in [0, 0.1) is 0 Å². The van der Waals surface area contributed by atoms with Crippen LogP contribution in [0.15, 0.2) is 18.2 Å². The summed E-state index contributed by atoms with van der Waals surface area (Å²) in [5.74, 6) is 0.965. The molecule has 3 heteroatoms. The van der Waals surface area contributed by atoms with Crippen molar-refractivity contribution < 1.29 is 9.31 Å². The van der Waals surface area contributed by atoms with Crippen molar-refractivity contribution in [2.24, 2.45) is 0 Å². The van der Waals surface area contributed by atoms with Crippen LogP contribution in [0.3, 0.4) is 0 Å². The second kappa shape index (κ2) is 5.44. The predicted molar refractivity (Wildman–Crippen MR) is 90.3 cm³/mol. The molecule has 1 heterocycles. The molecule has 1 aliphatic rings. The van der Waals surface area contributed by atoms with Crippen LogP contribution >= 0.6 is 0 Å². The highest BCUT2D eigenvalue weighted by molar-refractivity contribution is 6.62. The number of hydrogen-bond donors (Lipinski definition) is 0. The lowest BCUT2D eigenvalue weighted by atomic mass is 9.72. The SMILES string of the molecule is CC(C)c1ccc(C(C)C)c(B2OC(C)(C)C(C)(C)O2)c1. The van der Waals surface area contributed by atoms with Crippen molar-refractivity contribution in [2.45, 2.75) is 78.4 Å². The van der Waals surface area contributed by atoms with Crippen LogP contribution in [0.2, 0.25) is 0 Å². The van der Waals surface area contributed by atoms with Crippen molar-refractivity contribution in [1.82, 2.24) is 0 Å². The Morgan fingerprint density at radius 2 is 1.38 bits per heavy atom. The van der Waals surface area contributed by atoms with E-state index in [1.807, 2.05) is 0 Å². The molecule has 1 aromatic carbocycles. The maximum Gasteiger partial charge on any atom is 0.495 e. The van der Waals surface area contributed by atoms with Gasteiger partial charge < -0.3 is 9.31 Å². The fourth-order valence-electron chi connectivity index (χ4n) is 2.65. The quantitative estimate of drug-likeness (QED) is 0.775. The van der Waals surface area contributed by atoms with Gasteiger partial charge in [0.15, 0.2) is 0 Å². The Labute approximate surface area is 130 Å². The molecule has 0 spiro atoms. The van der Waals surface area contributed by atoms with E-state index in [1.165, 1.54) is 16.6 Å². The molecule has 0 unspecified atom stereocenters. The summed E-state index contributed by atoms with van der Waals surface area (Å²) in [6, 6.07) is 6.73. The predicted octanol–water partition coefficient (Wildman–Crippen LogP) is 4.23. The zero-order valence-corrected chi connectivity index (χ0v) is 14.8. The van der Waals surface area contributed by atoms with Crippen molar-refractivity contribution in [3.63, 3.8) is 0 Å². The van der Waals surface area contributed by atoms with Gasteiger partial charge in [-0.2, -0.15) is 0 Å². The van der Waals surface area contributed by atoms with Gasteiger partial charge in [0, 0.05) is 0 Å². The Kier molecular flexibility index (Phi) is 4.29. The Balaban J connectivity index is 2.45. The van der Waals surface area contributed by atoms with Gasteiger partial charge in [0.25, 0.3) is 0 Å². The van der Waals surface area contributed by atoms with Crippen LogP contribution in [-0.4, -0.2) is 18.3 Å². The van der Waals surface area contributed by atoms with Crippen molar-refractivity contribution in [2.75, 3.05) is 0 Å². The molecule has 21 heavy (non-hydrogen) atoms. The monoisotopic (exact) mass is 288 g/mol. The van der Waals surface area contributed by atoms with Crippen LogP contribution in [-0.2, 0) is 9.31 Å². The molecule has 2 rings (SSSR count). The van der Waals surface area contributed by atoms with Gasteiger partial charge >= 0.3 is 7.12 Å². The van der Waals surface area contributed by atoms with Crippen molar-refractivity contribution in [3.8, 4) is 0 Å². The summed E-state index contributed by atoms with van der Waals surface area (Å²) in [6.45, 7) is 17.3. The first-order chi connectivity index (χ1) is 9.55. The molecular formula is C18H29BO2. The van der Waals surface area contributed by atoms with E-state index in [4.69, 9.17) is 9.31 Å². The largest absolute Gasteiger partial charge is 0.495 e. The molecule has 2 nitrogen and oxygen atoms in total. The van der Waals surface area contributed by atoms with Crippen LogP contribution < -0.4 is 5.46 Å². The molecule has 1 saturated heterocycles. The Morgan fingerprint density at radius 3 is 1.81 bits per heavy atom. The van der Waals surface area contributed by atoms with Gasteiger partial charge in [-0.15, -0.1) is 0 Å². The highest BCUT2D eigenvalue weighted by Crippen LogP contribution is 2.37. The second-order valence-electron chi connectivity index (χ2n) is 7.79. The maximum absolute atomic E-state index is 6.25. The van der Waals surface area contributed by atoms with E-state index < -0.39 is 0 Å². The van der Waals surface area contributed by atoms with Crippen LogP contribution in [0.4, 0.5) is 0 Å². The van der Waals surface area contributed by atoms with Gasteiger partial charge in [-0.1, -0.05) is 45.9 Å².